The molecule has 0 heterocycles. The lowest BCUT2D eigenvalue weighted by atomic mass is 10.1. The Balaban J connectivity index is 0.000000423. The minimum Gasteiger partial charge on any atom is -0.504 e. The molecule has 0 amide bonds. The molecule has 1 rings (SSSR count). The van der Waals surface area contributed by atoms with Crippen LogP contribution in [0.3, 0.4) is 0 Å². The highest BCUT2D eigenvalue weighted by Crippen LogP contribution is 2.25. The van der Waals surface area contributed by atoms with E-state index in [1.54, 1.807) is 6.07 Å². The van der Waals surface area contributed by atoms with Crippen LogP contribution < -0.4 is 10.1 Å². The molecule has 0 atom stereocenters. The summed E-state index contributed by atoms with van der Waals surface area (Å²) in [5.41, 5.74) is 1.09. The maximum absolute atomic E-state index is 9.93. The van der Waals surface area contributed by atoms with E-state index in [0.717, 1.165) is 44.1 Å². The van der Waals surface area contributed by atoms with Gasteiger partial charge in [0, 0.05) is 13.0 Å². The summed E-state index contributed by atoms with van der Waals surface area (Å²) in [4.78, 5) is 9.93. The topological polar surface area (TPSA) is 58.6 Å². The van der Waals surface area contributed by atoms with Crippen molar-refractivity contribution in [2.45, 2.75) is 46.1 Å². The van der Waals surface area contributed by atoms with Crippen molar-refractivity contribution >= 4 is 6.29 Å². The fraction of sp³-hybridized carbons (Fsp3) is 0.526. The van der Waals surface area contributed by atoms with Gasteiger partial charge in [0.25, 0.3) is 0 Å². The number of phenols is 1. The van der Waals surface area contributed by atoms with Gasteiger partial charge in [-0.3, -0.25) is 0 Å². The van der Waals surface area contributed by atoms with Gasteiger partial charge in [0.1, 0.15) is 6.29 Å². The molecule has 0 spiro atoms. The zero-order valence-corrected chi connectivity index (χ0v) is 14.8. The quantitative estimate of drug-likeness (QED) is 0.409. The molecule has 4 heteroatoms. The number of phenolic OH excluding ortho intramolecular Hbond substituents is 1. The van der Waals surface area contributed by atoms with E-state index in [1.165, 1.54) is 7.11 Å². The van der Waals surface area contributed by atoms with Crippen molar-refractivity contribution in [1.29, 1.82) is 0 Å². The summed E-state index contributed by atoms with van der Waals surface area (Å²) in [5, 5.41) is 12.3. The molecule has 0 aromatic heterocycles. The number of allylic oxidation sites excluding steroid dienone is 2. The molecule has 0 radical (unpaired) electrons. The molecular formula is C19H31NO3. The molecule has 0 aliphatic carbocycles. The molecule has 130 valence electrons. The van der Waals surface area contributed by atoms with Crippen LogP contribution in [0.25, 0.3) is 0 Å². The van der Waals surface area contributed by atoms with E-state index in [4.69, 9.17) is 4.74 Å². The monoisotopic (exact) mass is 321 g/mol. The van der Waals surface area contributed by atoms with Crippen LogP contribution in [-0.2, 0) is 11.3 Å². The standard InChI is InChI=1S/C10H18O.C9H13NO2/c1-10(2)8-6-4-3-5-7-9-11;1-10-6-7-3-4-8(11)9(5-7)12-2/h6,8-10H,3-5,7H2,1-2H3;3-5,10-11H,6H2,1-2H3/b8-6+;. The number of nitrogens with one attached hydrogen (secondary N) is 1. The Morgan fingerprint density at radius 2 is 1.96 bits per heavy atom. The molecule has 0 unspecified atom stereocenters. The fourth-order valence-corrected chi connectivity index (χ4v) is 1.89. The largest absolute Gasteiger partial charge is 0.504 e. The number of unbranched alkanes of at least 4 members (excludes halogenated alkanes) is 3. The second-order valence-electron chi connectivity index (χ2n) is 5.66. The highest BCUT2D eigenvalue weighted by Gasteiger charge is 2.00. The number of benzene rings is 1. The molecule has 0 bridgehead atoms. The van der Waals surface area contributed by atoms with Gasteiger partial charge in [-0.25, -0.2) is 0 Å². The summed E-state index contributed by atoms with van der Waals surface area (Å²) >= 11 is 0. The Morgan fingerprint density at radius 1 is 1.26 bits per heavy atom. The molecule has 0 fully saturated rings. The predicted molar refractivity (Wildman–Crippen MR) is 95.9 cm³/mol. The number of carbonyl (C=O) groups excluding carboxylic acids is 1. The van der Waals surface area contributed by atoms with E-state index in [9.17, 15) is 9.90 Å². The summed E-state index contributed by atoms with van der Waals surface area (Å²) < 4.78 is 4.95. The van der Waals surface area contributed by atoms with Crippen LogP contribution in [0, 0.1) is 5.92 Å². The lowest BCUT2D eigenvalue weighted by molar-refractivity contribution is -0.107. The van der Waals surface area contributed by atoms with Gasteiger partial charge in [-0.1, -0.05) is 32.1 Å². The zero-order valence-electron chi connectivity index (χ0n) is 14.8. The SMILES string of the molecule is CC(C)/C=C/CCCCC=O.CNCc1ccc(O)c(OC)c1. The maximum Gasteiger partial charge on any atom is 0.160 e. The van der Waals surface area contributed by atoms with E-state index in [1.807, 2.05) is 19.2 Å². The van der Waals surface area contributed by atoms with Gasteiger partial charge >= 0.3 is 0 Å². The predicted octanol–water partition coefficient (Wildman–Crippen LogP) is 4.08. The van der Waals surface area contributed by atoms with E-state index in [-0.39, 0.29) is 5.75 Å². The van der Waals surface area contributed by atoms with Gasteiger partial charge in [-0.2, -0.15) is 0 Å². The van der Waals surface area contributed by atoms with Crippen molar-refractivity contribution < 1.29 is 14.6 Å². The normalized spacial score (nSPS) is 10.5. The Morgan fingerprint density at radius 3 is 2.52 bits per heavy atom. The molecule has 2 N–H and O–H groups in total. The van der Waals surface area contributed by atoms with E-state index in [2.05, 4.69) is 31.3 Å². The van der Waals surface area contributed by atoms with Crippen LogP contribution in [0.5, 0.6) is 11.5 Å². The maximum atomic E-state index is 9.93. The lowest BCUT2D eigenvalue weighted by Gasteiger charge is -2.05. The van der Waals surface area contributed by atoms with Crippen LogP contribution in [0.15, 0.2) is 30.4 Å². The average Bonchev–Trinajstić information content (AvgIpc) is 2.53. The van der Waals surface area contributed by atoms with Crippen LogP contribution in [-0.4, -0.2) is 25.6 Å². The third-order valence-electron chi connectivity index (χ3n) is 3.09. The van der Waals surface area contributed by atoms with Crippen molar-refractivity contribution in [3.8, 4) is 11.5 Å². The highest BCUT2D eigenvalue weighted by molar-refractivity contribution is 5.48. The van der Waals surface area contributed by atoms with Gasteiger partial charge in [0.05, 0.1) is 7.11 Å². The average molecular weight is 321 g/mol. The van der Waals surface area contributed by atoms with E-state index < -0.39 is 0 Å². The number of aldehydes is 1. The number of carbonyl (C=O) groups is 1. The fourth-order valence-electron chi connectivity index (χ4n) is 1.89. The van der Waals surface area contributed by atoms with E-state index >= 15 is 0 Å². The van der Waals surface area contributed by atoms with Crippen molar-refractivity contribution in [1.82, 2.24) is 5.32 Å². The van der Waals surface area contributed by atoms with Crippen LogP contribution in [0.1, 0.15) is 45.1 Å². The summed E-state index contributed by atoms with van der Waals surface area (Å²) in [7, 11) is 3.41. The minimum absolute atomic E-state index is 0.178. The van der Waals surface area contributed by atoms with E-state index in [0.29, 0.717) is 11.7 Å². The number of ether oxygens (including phenoxy) is 1. The van der Waals surface area contributed by atoms with Crippen LogP contribution in [0.4, 0.5) is 0 Å². The van der Waals surface area contributed by atoms with Gasteiger partial charge in [-0.05, 0) is 49.9 Å². The molecular weight excluding hydrogens is 290 g/mol. The minimum atomic E-state index is 0.178. The van der Waals surface area contributed by atoms with Gasteiger partial charge in [0.15, 0.2) is 11.5 Å². The summed E-state index contributed by atoms with van der Waals surface area (Å²) in [6.45, 7) is 5.11. The second-order valence-corrected chi connectivity index (χ2v) is 5.66. The Hall–Kier alpha value is -1.81. The molecule has 4 nitrogen and oxygen atoms in total. The van der Waals surface area contributed by atoms with Gasteiger partial charge in [0.2, 0.25) is 0 Å². The van der Waals surface area contributed by atoms with Crippen LogP contribution >= 0.6 is 0 Å². The molecule has 0 aliphatic heterocycles. The van der Waals surface area contributed by atoms with Gasteiger partial charge < -0.3 is 20.0 Å². The smallest absolute Gasteiger partial charge is 0.160 e. The molecule has 1 aromatic carbocycles. The third-order valence-corrected chi connectivity index (χ3v) is 3.09. The zero-order chi connectivity index (χ0) is 17.5. The Kier molecular flexibility index (Phi) is 12.7. The molecule has 23 heavy (non-hydrogen) atoms. The van der Waals surface area contributed by atoms with Crippen molar-refractivity contribution in [2.24, 2.45) is 5.92 Å². The van der Waals surface area contributed by atoms with Crippen molar-refractivity contribution in [3.63, 3.8) is 0 Å². The molecule has 0 aliphatic rings. The number of methoxy groups -OCH3 is 1. The lowest BCUT2D eigenvalue weighted by Crippen LogP contribution is -2.04. The highest BCUT2D eigenvalue weighted by atomic mass is 16.5. The first-order chi connectivity index (χ1) is 11.0. The first-order valence-corrected chi connectivity index (χ1v) is 8.15. The van der Waals surface area contributed by atoms with Crippen molar-refractivity contribution in [2.75, 3.05) is 14.2 Å². The molecule has 1 aromatic rings. The first-order valence-electron chi connectivity index (χ1n) is 8.15. The molecule has 0 saturated heterocycles. The number of aromatic hydroxyl groups is 1. The van der Waals surface area contributed by atoms with Crippen molar-refractivity contribution in [3.05, 3.63) is 35.9 Å². The summed E-state index contributed by atoms with van der Waals surface area (Å²) in [6, 6.07) is 5.30. The summed E-state index contributed by atoms with van der Waals surface area (Å²) in [6.07, 6.45) is 9.41. The van der Waals surface area contributed by atoms with Gasteiger partial charge in [-0.15, -0.1) is 0 Å². The Bertz CT molecular complexity index is 456. The molecule has 0 saturated carbocycles. The Labute approximate surface area is 140 Å². The number of hydrogen-bond acceptors (Lipinski definition) is 4. The first kappa shape index (κ1) is 21.2. The third kappa shape index (κ3) is 11.4. The number of rotatable bonds is 9. The second kappa shape index (κ2) is 13.8. The van der Waals surface area contributed by atoms with Crippen LogP contribution in [0.2, 0.25) is 0 Å². The number of hydrogen-bond donors (Lipinski definition) is 2. The summed E-state index contributed by atoms with van der Waals surface area (Å²) in [5.74, 6) is 1.35.